The summed E-state index contributed by atoms with van der Waals surface area (Å²) in [6.07, 6.45) is 3.29. The maximum Gasteiger partial charge on any atom is 0.343 e. The Hall–Kier alpha value is -4.45. The largest absolute Gasteiger partial charge is 0.489 e. The highest BCUT2D eigenvalue weighted by Gasteiger charge is 2.20. The van der Waals surface area contributed by atoms with Crippen molar-refractivity contribution in [3.05, 3.63) is 108 Å². The summed E-state index contributed by atoms with van der Waals surface area (Å²) in [5.41, 5.74) is 5.58. The number of carbonyl (C=O) groups is 1. The first-order valence-electron chi connectivity index (χ1n) is 11.1. The van der Waals surface area contributed by atoms with Crippen molar-refractivity contribution in [1.29, 1.82) is 0 Å². The lowest BCUT2D eigenvalue weighted by atomic mass is 10.0. The van der Waals surface area contributed by atoms with Crippen LogP contribution in [0.2, 0.25) is 0 Å². The van der Waals surface area contributed by atoms with Crippen molar-refractivity contribution in [3.63, 3.8) is 0 Å². The first-order valence-corrected chi connectivity index (χ1v) is 11.1. The highest BCUT2D eigenvalue weighted by atomic mass is 16.5. The molecule has 0 bridgehead atoms. The summed E-state index contributed by atoms with van der Waals surface area (Å²) in [6.45, 7) is 2.56. The van der Waals surface area contributed by atoms with Gasteiger partial charge in [-0.3, -0.25) is 0 Å². The summed E-state index contributed by atoms with van der Waals surface area (Å²) in [5, 5.41) is 4.50. The third-order valence-corrected chi connectivity index (χ3v) is 5.48. The number of rotatable bonds is 7. The highest BCUT2D eigenvalue weighted by molar-refractivity contribution is 5.96. The third-order valence-electron chi connectivity index (χ3n) is 5.48. The van der Waals surface area contributed by atoms with Gasteiger partial charge in [0.05, 0.1) is 18.5 Å². The van der Waals surface area contributed by atoms with E-state index in [0.29, 0.717) is 17.8 Å². The number of carbonyl (C=O) groups excluding carboxylic acids is 1. The lowest BCUT2D eigenvalue weighted by Crippen LogP contribution is -2.06. The van der Waals surface area contributed by atoms with Gasteiger partial charge in [-0.25, -0.2) is 14.3 Å². The van der Waals surface area contributed by atoms with Gasteiger partial charge in [0, 0.05) is 17.3 Å². The van der Waals surface area contributed by atoms with Crippen LogP contribution in [0.15, 0.2) is 97.3 Å². The molecule has 168 valence electrons. The van der Waals surface area contributed by atoms with Crippen LogP contribution in [0.4, 0.5) is 0 Å². The minimum atomic E-state index is -0.437. The number of aromatic nitrogens is 3. The molecule has 0 saturated heterocycles. The smallest absolute Gasteiger partial charge is 0.343 e. The molecule has 0 spiro atoms. The molecule has 0 radical (unpaired) electrons. The van der Waals surface area contributed by atoms with E-state index in [-0.39, 0.29) is 6.61 Å². The molecule has 6 nitrogen and oxygen atoms in total. The molecule has 0 atom stereocenters. The topological polar surface area (TPSA) is 65.7 Å². The molecule has 5 rings (SSSR count). The predicted molar refractivity (Wildman–Crippen MR) is 131 cm³/mol. The molecule has 0 unspecified atom stereocenters. The van der Waals surface area contributed by atoms with Crippen molar-refractivity contribution in [3.8, 4) is 28.1 Å². The van der Waals surface area contributed by atoms with E-state index in [2.05, 4.69) is 10.1 Å². The number of ether oxygens (including phenoxy) is 2. The zero-order valence-corrected chi connectivity index (χ0v) is 18.7. The zero-order chi connectivity index (χ0) is 23.3. The Kier molecular flexibility index (Phi) is 6.03. The fraction of sp³-hybridized carbons (Fsp3) is 0.107. The molecule has 2 aromatic heterocycles. The molecule has 5 aromatic rings. The van der Waals surface area contributed by atoms with Gasteiger partial charge in [0.15, 0.2) is 5.65 Å². The van der Waals surface area contributed by atoms with Gasteiger partial charge in [-0.15, -0.1) is 0 Å². The Morgan fingerprint density at radius 1 is 0.853 bits per heavy atom. The summed E-state index contributed by atoms with van der Waals surface area (Å²) in [6, 6.07) is 27.9. The molecule has 34 heavy (non-hydrogen) atoms. The molecule has 6 heteroatoms. The second-order valence-electron chi connectivity index (χ2n) is 7.70. The molecule has 0 fully saturated rings. The number of hydrogen-bond acceptors (Lipinski definition) is 5. The van der Waals surface area contributed by atoms with E-state index in [1.807, 2.05) is 84.9 Å². The summed E-state index contributed by atoms with van der Waals surface area (Å²) in [4.78, 5) is 17.0. The SMILES string of the molecule is CCOC(=O)c1cnn2c(-c3ccc(OCc4ccccc4)cc3)c(-c3ccccc3)cnc12. The first-order chi connectivity index (χ1) is 16.7. The predicted octanol–water partition coefficient (Wildman–Crippen LogP) is 5.82. The van der Waals surface area contributed by atoms with Crippen molar-refractivity contribution in [2.45, 2.75) is 13.5 Å². The number of nitrogens with zero attached hydrogens (tertiary/aromatic N) is 3. The third kappa shape index (κ3) is 4.26. The number of fused-ring (bicyclic) bond motifs is 1. The van der Waals surface area contributed by atoms with Crippen LogP contribution in [0.3, 0.4) is 0 Å². The zero-order valence-electron chi connectivity index (χ0n) is 18.7. The maximum absolute atomic E-state index is 12.4. The lowest BCUT2D eigenvalue weighted by Gasteiger charge is -2.13. The summed E-state index contributed by atoms with van der Waals surface area (Å²) < 4.78 is 12.8. The van der Waals surface area contributed by atoms with Crippen LogP contribution in [0.1, 0.15) is 22.8 Å². The van der Waals surface area contributed by atoms with Gasteiger partial charge in [0.2, 0.25) is 0 Å². The summed E-state index contributed by atoms with van der Waals surface area (Å²) in [5.74, 6) is 0.333. The van der Waals surface area contributed by atoms with Gasteiger partial charge >= 0.3 is 5.97 Å². The molecule has 0 saturated carbocycles. The van der Waals surface area contributed by atoms with E-state index in [1.165, 1.54) is 6.20 Å². The Labute approximate surface area is 197 Å². The maximum atomic E-state index is 12.4. The molecule has 0 amide bonds. The Morgan fingerprint density at radius 3 is 2.26 bits per heavy atom. The van der Waals surface area contributed by atoms with E-state index in [0.717, 1.165) is 33.7 Å². The van der Waals surface area contributed by atoms with Crippen molar-refractivity contribution in [2.24, 2.45) is 0 Å². The Balaban J connectivity index is 1.55. The average Bonchev–Trinajstić information content (AvgIpc) is 3.33. The van der Waals surface area contributed by atoms with Crippen molar-refractivity contribution < 1.29 is 14.3 Å². The minimum absolute atomic E-state index is 0.287. The lowest BCUT2D eigenvalue weighted by molar-refractivity contribution is 0.0528. The second kappa shape index (κ2) is 9.58. The fourth-order valence-electron chi connectivity index (χ4n) is 3.84. The number of esters is 1. The van der Waals surface area contributed by atoms with Crippen LogP contribution in [-0.4, -0.2) is 27.2 Å². The van der Waals surface area contributed by atoms with Crippen molar-refractivity contribution in [2.75, 3.05) is 6.61 Å². The molecule has 3 aromatic carbocycles. The standard InChI is InChI=1S/C28H23N3O3/c1-2-33-28(32)25-18-30-31-26(24(17-29-27(25)31)21-11-7-4-8-12-21)22-13-15-23(16-14-22)34-19-20-9-5-3-6-10-20/h3-18H,2,19H2,1H3. The van der Waals surface area contributed by atoms with Gasteiger partial charge in [0.1, 0.15) is 17.9 Å². The van der Waals surface area contributed by atoms with E-state index >= 15 is 0 Å². The summed E-state index contributed by atoms with van der Waals surface area (Å²) >= 11 is 0. The number of benzene rings is 3. The van der Waals surface area contributed by atoms with Crippen LogP contribution in [0.5, 0.6) is 5.75 Å². The summed E-state index contributed by atoms with van der Waals surface area (Å²) in [7, 11) is 0. The normalized spacial score (nSPS) is 10.9. The Morgan fingerprint density at radius 2 is 1.56 bits per heavy atom. The second-order valence-corrected chi connectivity index (χ2v) is 7.70. The molecule has 0 aliphatic rings. The van der Waals surface area contributed by atoms with Crippen molar-refractivity contribution >= 4 is 11.6 Å². The molecular weight excluding hydrogens is 426 g/mol. The van der Waals surface area contributed by atoms with Crippen LogP contribution in [-0.2, 0) is 11.3 Å². The van der Waals surface area contributed by atoms with Crippen LogP contribution < -0.4 is 4.74 Å². The van der Waals surface area contributed by atoms with E-state index in [9.17, 15) is 4.79 Å². The van der Waals surface area contributed by atoms with Gasteiger partial charge in [-0.05, 0) is 42.3 Å². The van der Waals surface area contributed by atoms with E-state index in [4.69, 9.17) is 9.47 Å². The Bertz CT molecular complexity index is 1410. The van der Waals surface area contributed by atoms with Gasteiger partial charge < -0.3 is 9.47 Å². The quantitative estimate of drug-likeness (QED) is 0.293. The van der Waals surface area contributed by atoms with Gasteiger partial charge in [0.25, 0.3) is 0 Å². The molecular formula is C28H23N3O3. The molecule has 2 heterocycles. The van der Waals surface area contributed by atoms with Gasteiger partial charge in [-0.1, -0.05) is 60.7 Å². The van der Waals surface area contributed by atoms with E-state index < -0.39 is 5.97 Å². The molecule has 0 aliphatic carbocycles. The average molecular weight is 450 g/mol. The highest BCUT2D eigenvalue weighted by Crippen LogP contribution is 2.33. The van der Waals surface area contributed by atoms with Crippen LogP contribution >= 0.6 is 0 Å². The van der Waals surface area contributed by atoms with Crippen LogP contribution in [0, 0.1) is 0 Å². The van der Waals surface area contributed by atoms with Gasteiger partial charge in [-0.2, -0.15) is 5.10 Å². The fourth-order valence-corrected chi connectivity index (χ4v) is 3.84. The molecule has 0 N–H and O–H groups in total. The minimum Gasteiger partial charge on any atom is -0.489 e. The van der Waals surface area contributed by atoms with Crippen LogP contribution in [0.25, 0.3) is 28.0 Å². The first kappa shape index (κ1) is 21.4. The van der Waals surface area contributed by atoms with Crippen molar-refractivity contribution in [1.82, 2.24) is 14.6 Å². The number of hydrogen-bond donors (Lipinski definition) is 0. The molecule has 0 aliphatic heterocycles. The van der Waals surface area contributed by atoms with E-state index in [1.54, 1.807) is 17.6 Å². The monoisotopic (exact) mass is 449 g/mol.